The zero-order valence-corrected chi connectivity index (χ0v) is 12.5. The first-order valence-electron chi connectivity index (χ1n) is 6.92. The van der Waals surface area contributed by atoms with E-state index in [4.69, 9.17) is 0 Å². The van der Waals surface area contributed by atoms with Crippen LogP contribution < -0.4 is 0 Å². The highest BCUT2D eigenvalue weighted by Crippen LogP contribution is 2.30. The Morgan fingerprint density at radius 2 is 2.04 bits per heavy atom. The molecule has 5 nitrogen and oxygen atoms in total. The molecule has 0 aliphatic carbocycles. The topological polar surface area (TPSA) is 48.5 Å². The van der Waals surface area contributed by atoms with E-state index >= 15 is 0 Å². The average molecular weight is 321 g/mol. The van der Waals surface area contributed by atoms with Gasteiger partial charge in [0.2, 0.25) is 0 Å². The Kier molecular flexibility index (Phi) is 3.67. The normalized spacial score (nSPS) is 11.9. The van der Waals surface area contributed by atoms with Crippen LogP contribution in [0, 0.1) is 12.7 Å². The van der Waals surface area contributed by atoms with Crippen LogP contribution in [-0.4, -0.2) is 24.5 Å². The SMILES string of the molecule is Cc1nccn1Cc1cn(-c2ccc(F)c(C(C)(F)F)c2)nn1. The van der Waals surface area contributed by atoms with Gasteiger partial charge in [-0.15, -0.1) is 5.10 Å². The second-order valence-corrected chi connectivity index (χ2v) is 5.31. The number of rotatable bonds is 4. The summed E-state index contributed by atoms with van der Waals surface area (Å²) in [4.78, 5) is 4.11. The molecule has 3 aromatic rings. The fourth-order valence-electron chi connectivity index (χ4n) is 2.23. The van der Waals surface area contributed by atoms with Crippen molar-refractivity contribution in [3.63, 3.8) is 0 Å². The first kappa shape index (κ1) is 15.3. The Morgan fingerprint density at radius 3 is 2.70 bits per heavy atom. The van der Waals surface area contributed by atoms with E-state index < -0.39 is 17.3 Å². The Balaban J connectivity index is 1.90. The van der Waals surface area contributed by atoms with Crippen LogP contribution in [0.4, 0.5) is 13.2 Å². The van der Waals surface area contributed by atoms with Crippen molar-refractivity contribution < 1.29 is 13.2 Å². The summed E-state index contributed by atoms with van der Waals surface area (Å²) >= 11 is 0. The molecule has 23 heavy (non-hydrogen) atoms. The molecule has 0 radical (unpaired) electrons. The van der Waals surface area contributed by atoms with E-state index in [0.29, 0.717) is 24.8 Å². The Labute approximate surface area is 130 Å². The second kappa shape index (κ2) is 5.53. The molecule has 0 aliphatic heterocycles. The molecule has 0 bridgehead atoms. The third kappa shape index (κ3) is 3.10. The van der Waals surface area contributed by atoms with Gasteiger partial charge in [0, 0.05) is 19.3 Å². The highest BCUT2D eigenvalue weighted by molar-refractivity contribution is 5.37. The number of aryl methyl sites for hydroxylation is 1. The first-order chi connectivity index (χ1) is 10.8. The van der Waals surface area contributed by atoms with Crippen LogP contribution in [0.2, 0.25) is 0 Å². The molecule has 0 aliphatic rings. The van der Waals surface area contributed by atoms with Gasteiger partial charge in [0.1, 0.15) is 17.3 Å². The molecule has 3 rings (SSSR count). The Hall–Kier alpha value is -2.64. The molecule has 0 unspecified atom stereocenters. The van der Waals surface area contributed by atoms with Crippen molar-refractivity contribution in [2.45, 2.75) is 26.3 Å². The lowest BCUT2D eigenvalue weighted by Crippen LogP contribution is -2.11. The lowest BCUT2D eigenvalue weighted by atomic mass is 10.1. The maximum atomic E-state index is 13.5. The minimum absolute atomic E-state index is 0.323. The van der Waals surface area contributed by atoms with Crippen LogP contribution in [-0.2, 0) is 12.5 Å². The van der Waals surface area contributed by atoms with Crippen LogP contribution >= 0.6 is 0 Å². The van der Waals surface area contributed by atoms with Gasteiger partial charge in [0.05, 0.1) is 24.0 Å². The van der Waals surface area contributed by atoms with E-state index in [0.717, 1.165) is 18.0 Å². The highest BCUT2D eigenvalue weighted by atomic mass is 19.3. The van der Waals surface area contributed by atoms with Crippen LogP contribution in [0.15, 0.2) is 36.8 Å². The number of nitrogens with zero attached hydrogens (tertiary/aromatic N) is 5. The van der Waals surface area contributed by atoms with Crippen LogP contribution in [0.5, 0.6) is 0 Å². The predicted octanol–water partition coefficient (Wildman–Crippen LogP) is 3.07. The van der Waals surface area contributed by atoms with Crippen molar-refractivity contribution in [2.75, 3.05) is 0 Å². The number of benzene rings is 1. The number of imidazole rings is 1. The maximum Gasteiger partial charge on any atom is 0.273 e. The van der Waals surface area contributed by atoms with Gasteiger partial charge in [-0.25, -0.2) is 22.8 Å². The predicted molar refractivity (Wildman–Crippen MR) is 77.0 cm³/mol. The van der Waals surface area contributed by atoms with Gasteiger partial charge in [-0.3, -0.25) is 0 Å². The monoisotopic (exact) mass is 321 g/mol. The summed E-state index contributed by atoms with van der Waals surface area (Å²) in [5.74, 6) is -3.39. The summed E-state index contributed by atoms with van der Waals surface area (Å²) in [7, 11) is 0. The van der Waals surface area contributed by atoms with Crippen molar-refractivity contribution in [2.24, 2.45) is 0 Å². The maximum absolute atomic E-state index is 13.5. The summed E-state index contributed by atoms with van der Waals surface area (Å²) in [5, 5.41) is 7.92. The molecule has 8 heteroatoms. The molecule has 120 valence electrons. The van der Waals surface area contributed by atoms with Gasteiger partial charge in [0.25, 0.3) is 5.92 Å². The summed E-state index contributed by atoms with van der Waals surface area (Å²) in [6.45, 7) is 2.98. The summed E-state index contributed by atoms with van der Waals surface area (Å²) < 4.78 is 43.6. The van der Waals surface area contributed by atoms with E-state index in [1.165, 1.54) is 10.7 Å². The van der Waals surface area contributed by atoms with Crippen molar-refractivity contribution in [3.8, 4) is 5.69 Å². The first-order valence-corrected chi connectivity index (χ1v) is 6.92. The Morgan fingerprint density at radius 1 is 1.26 bits per heavy atom. The molecular formula is C15H14F3N5. The van der Waals surface area contributed by atoms with Gasteiger partial charge >= 0.3 is 0 Å². The molecule has 0 saturated heterocycles. The van der Waals surface area contributed by atoms with Crippen LogP contribution in [0.25, 0.3) is 5.69 Å². The number of alkyl halides is 2. The highest BCUT2D eigenvalue weighted by Gasteiger charge is 2.28. The second-order valence-electron chi connectivity index (χ2n) is 5.31. The quantitative estimate of drug-likeness (QED) is 0.742. The van der Waals surface area contributed by atoms with Crippen molar-refractivity contribution in [1.82, 2.24) is 24.5 Å². The van der Waals surface area contributed by atoms with Crippen molar-refractivity contribution in [1.29, 1.82) is 0 Å². The number of hydrogen-bond acceptors (Lipinski definition) is 3. The van der Waals surface area contributed by atoms with E-state index in [2.05, 4.69) is 15.3 Å². The van der Waals surface area contributed by atoms with Crippen LogP contribution in [0.3, 0.4) is 0 Å². The molecule has 0 atom stereocenters. The summed E-state index contributed by atoms with van der Waals surface area (Å²) in [5.41, 5.74) is 0.293. The van der Waals surface area contributed by atoms with E-state index in [1.807, 2.05) is 17.7 Å². The number of aromatic nitrogens is 5. The van der Waals surface area contributed by atoms with Crippen molar-refractivity contribution in [3.05, 3.63) is 59.7 Å². The zero-order valence-electron chi connectivity index (χ0n) is 12.5. The van der Waals surface area contributed by atoms with Crippen LogP contribution in [0.1, 0.15) is 24.0 Å². The van der Waals surface area contributed by atoms with Crippen molar-refractivity contribution >= 4 is 0 Å². The molecule has 0 amide bonds. The average Bonchev–Trinajstić information content (AvgIpc) is 3.09. The molecule has 0 spiro atoms. The molecule has 0 saturated carbocycles. The van der Waals surface area contributed by atoms with Gasteiger partial charge in [-0.2, -0.15) is 0 Å². The van der Waals surface area contributed by atoms with E-state index in [1.54, 1.807) is 12.4 Å². The summed E-state index contributed by atoms with van der Waals surface area (Å²) in [6.07, 6.45) is 5.10. The fraction of sp³-hybridized carbons (Fsp3) is 0.267. The zero-order chi connectivity index (χ0) is 16.6. The standard InChI is InChI=1S/C15H14F3N5/c1-10-19-5-6-22(10)8-11-9-23(21-20-11)12-3-4-14(16)13(7-12)15(2,17)18/h3-7,9H,8H2,1-2H3. The van der Waals surface area contributed by atoms with E-state index in [9.17, 15) is 13.2 Å². The molecular weight excluding hydrogens is 307 g/mol. The van der Waals surface area contributed by atoms with Gasteiger partial charge in [0.15, 0.2) is 0 Å². The van der Waals surface area contributed by atoms with E-state index in [-0.39, 0.29) is 0 Å². The van der Waals surface area contributed by atoms with Gasteiger partial charge in [-0.05, 0) is 25.1 Å². The number of halogens is 3. The third-order valence-corrected chi connectivity index (χ3v) is 3.48. The minimum Gasteiger partial charge on any atom is -0.329 e. The molecule has 1 aromatic carbocycles. The largest absolute Gasteiger partial charge is 0.329 e. The lowest BCUT2D eigenvalue weighted by Gasteiger charge is -2.12. The lowest BCUT2D eigenvalue weighted by molar-refractivity contribution is 0.0137. The minimum atomic E-state index is -3.27. The molecule has 0 fully saturated rings. The smallest absolute Gasteiger partial charge is 0.273 e. The Bertz CT molecular complexity index is 832. The number of hydrogen-bond donors (Lipinski definition) is 0. The molecule has 0 N–H and O–H groups in total. The van der Waals surface area contributed by atoms with Gasteiger partial charge in [-0.1, -0.05) is 5.21 Å². The summed E-state index contributed by atoms with van der Waals surface area (Å²) in [6, 6.07) is 3.46. The fourth-order valence-corrected chi connectivity index (χ4v) is 2.23. The third-order valence-electron chi connectivity index (χ3n) is 3.48. The molecule has 2 aromatic heterocycles. The van der Waals surface area contributed by atoms with Gasteiger partial charge < -0.3 is 4.57 Å². The molecule has 2 heterocycles.